The second-order valence-electron chi connectivity index (χ2n) is 8.33. The first-order valence-electron chi connectivity index (χ1n) is 10.0. The lowest BCUT2D eigenvalue weighted by Crippen LogP contribution is -2.31. The molecule has 160 valence electrons. The van der Waals surface area contributed by atoms with Gasteiger partial charge >= 0.3 is 0 Å². The predicted octanol–water partition coefficient (Wildman–Crippen LogP) is 3.04. The van der Waals surface area contributed by atoms with Gasteiger partial charge in [0.2, 0.25) is 0 Å². The van der Waals surface area contributed by atoms with Crippen molar-refractivity contribution in [1.82, 2.24) is 25.6 Å². The summed E-state index contributed by atoms with van der Waals surface area (Å²) in [7, 11) is 0. The lowest BCUT2D eigenvalue weighted by Gasteiger charge is -2.23. The van der Waals surface area contributed by atoms with Crippen LogP contribution in [-0.2, 0) is 5.41 Å². The Bertz CT molecular complexity index is 792. The molecule has 0 saturated carbocycles. The number of amides is 1. The van der Waals surface area contributed by atoms with E-state index in [2.05, 4.69) is 53.8 Å². The highest BCUT2D eigenvalue weighted by Crippen LogP contribution is 2.24. The largest absolute Gasteiger partial charge is 0.492 e. The van der Waals surface area contributed by atoms with E-state index in [9.17, 15) is 4.79 Å². The van der Waals surface area contributed by atoms with Crippen LogP contribution in [0, 0.1) is 6.92 Å². The Morgan fingerprint density at radius 3 is 2.52 bits per heavy atom. The van der Waals surface area contributed by atoms with E-state index >= 15 is 0 Å². The molecule has 0 radical (unpaired) electrons. The summed E-state index contributed by atoms with van der Waals surface area (Å²) in [6.45, 7) is 11.2. The van der Waals surface area contributed by atoms with Crippen molar-refractivity contribution in [3.8, 4) is 5.75 Å². The van der Waals surface area contributed by atoms with Crippen molar-refractivity contribution in [2.45, 2.75) is 52.0 Å². The van der Waals surface area contributed by atoms with E-state index in [0.717, 1.165) is 37.4 Å². The van der Waals surface area contributed by atoms with Gasteiger partial charge in [-0.2, -0.15) is 0 Å². The van der Waals surface area contributed by atoms with Crippen LogP contribution in [0.15, 0.2) is 24.3 Å². The third-order valence-corrected chi connectivity index (χ3v) is 5.17. The summed E-state index contributed by atoms with van der Waals surface area (Å²) in [4.78, 5) is 12.4. The van der Waals surface area contributed by atoms with Gasteiger partial charge in [-0.1, -0.05) is 38.1 Å². The van der Waals surface area contributed by atoms with Crippen LogP contribution < -0.4 is 15.4 Å². The van der Waals surface area contributed by atoms with Gasteiger partial charge in [0.1, 0.15) is 12.4 Å². The fourth-order valence-electron chi connectivity index (χ4n) is 3.42. The minimum absolute atomic E-state index is 0. The average Bonchev–Trinajstić information content (AvgIpc) is 3.07. The number of benzene rings is 1. The number of nitrogens with one attached hydrogen (secondary N) is 2. The van der Waals surface area contributed by atoms with Crippen LogP contribution in [0.5, 0.6) is 5.75 Å². The van der Waals surface area contributed by atoms with E-state index in [1.807, 2.05) is 23.7 Å². The summed E-state index contributed by atoms with van der Waals surface area (Å²) >= 11 is 0. The number of hydrogen-bond acceptors (Lipinski definition) is 5. The maximum Gasteiger partial charge on any atom is 0.273 e. The predicted molar refractivity (Wildman–Crippen MR) is 116 cm³/mol. The van der Waals surface area contributed by atoms with Gasteiger partial charge in [-0.05, 0) is 56.0 Å². The molecular weight excluding hydrogens is 390 g/mol. The Morgan fingerprint density at radius 2 is 1.90 bits per heavy atom. The summed E-state index contributed by atoms with van der Waals surface area (Å²) in [6.07, 6.45) is 2.01. The van der Waals surface area contributed by atoms with Gasteiger partial charge in [0.25, 0.3) is 5.91 Å². The molecule has 1 saturated heterocycles. The van der Waals surface area contributed by atoms with Crippen molar-refractivity contribution in [2.75, 3.05) is 26.2 Å². The van der Waals surface area contributed by atoms with Crippen LogP contribution in [-0.4, -0.2) is 47.1 Å². The molecule has 1 aliphatic heterocycles. The van der Waals surface area contributed by atoms with Crippen LogP contribution in [0.1, 0.15) is 61.4 Å². The second kappa shape index (κ2) is 10.1. The lowest BCUT2D eigenvalue weighted by molar-refractivity contribution is 0.0941. The van der Waals surface area contributed by atoms with E-state index in [1.165, 1.54) is 5.56 Å². The molecule has 1 aliphatic rings. The van der Waals surface area contributed by atoms with Gasteiger partial charge in [-0.3, -0.25) is 4.79 Å². The van der Waals surface area contributed by atoms with Crippen LogP contribution in [0.2, 0.25) is 0 Å². The smallest absolute Gasteiger partial charge is 0.273 e. The Balaban J connectivity index is 0.00000300. The van der Waals surface area contributed by atoms with Gasteiger partial charge < -0.3 is 15.4 Å². The number of aromatic nitrogens is 3. The van der Waals surface area contributed by atoms with E-state index in [4.69, 9.17) is 4.74 Å². The highest BCUT2D eigenvalue weighted by molar-refractivity contribution is 5.93. The highest BCUT2D eigenvalue weighted by atomic mass is 35.5. The molecule has 29 heavy (non-hydrogen) atoms. The molecular formula is C21H32ClN5O2. The first-order valence-corrected chi connectivity index (χ1v) is 10.0. The Labute approximate surface area is 179 Å². The lowest BCUT2D eigenvalue weighted by atomic mass is 9.87. The molecule has 3 rings (SSSR count). The van der Waals surface area contributed by atoms with E-state index < -0.39 is 0 Å². The second-order valence-corrected chi connectivity index (χ2v) is 8.33. The maximum atomic E-state index is 12.4. The third kappa shape index (κ3) is 5.93. The molecule has 1 amide bonds. The number of piperidine rings is 1. The number of carbonyl (C=O) groups is 1. The molecule has 8 heteroatoms. The molecule has 1 aromatic heterocycles. The summed E-state index contributed by atoms with van der Waals surface area (Å²) in [5.41, 5.74) is 2.60. The van der Waals surface area contributed by atoms with Crippen LogP contribution in [0.4, 0.5) is 0 Å². The fraction of sp³-hybridized carbons (Fsp3) is 0.571. The van der Waals surface area contributed by atoms with Crippen molar-refractivity contribution in [3.63, 3.8) is 0 Å². The average molecular weight is 422 g/mol. The number of rotatable bonds is 6. The Hall–Kier alpha value is -2.12. The first kappa shape index (κ1) is 23.2. The topological polar surface area (TPSA) is 81.1 Å². The summed E-state index contributed by atoms with van der Waals surface area (Å²) in [5.74, 6) is 0.597. The minimum Gasteiger partial charge on any atom is -0.492 e. The Kier molecular flexibility index (Phi) is 8.05. The summed E-state index contributed by atoms with van der Waals surface area (Å²) < 4.78 is 7.62. The first-order chi connectivity index (χ1) is 13.4. The standard InChI is InChI=1S/C21H31N5O2.ClH/c1-15-19(24-25-26(15)17-9-11-22-12-10-17)20(27)23-13-14-28-18-7-5-16(6-8-18)21(2,3)4;/h5-8,17,22H,9-14H2,1-4H3,(H,23,27);1H. The maximum absolute atomic E-state index is 12.4. The van der Waals surface area contributed by atoms with Crippen molar-refractivity contribution >= 4 is 18.3 Å². The van der Waals surface area contributed by atoms with Crippen LogP contribution in [0.3, 0.4) is 0 Å². The molecule has 2 heterocycles. The molecule has 0 spiro atoms. The van der Waals surface area contributed by atoms with Gasteiger partial charge in [-0.25, -0.2) is 4.68 Å². The fourth-order valence-corrected chi connectivity index (χ4v) is 3.42. The number of halogens is 1. The van der Waals surface area contributed by atoms with Gasteiger partial charge in [-0.15, -0.1) is 17.5 Å². The van der Waals surface area contributed by atoms with Crippen molar-refractivity contribution in [3.05, 3.63) is 41.2 Å². The minimum atomic E-state index is -0.204. The van der Waals surface area contributed by atoms with Crippen LogP contribution in [0.25, 0.3) is 0 Å². The molecule has 0 atom stereocenters. The van der Waals surface area contributed by atoms with Gasteiger partial charge in [0.05, 0.1) is 18.3 Å². The third-order valence-electron chi connectivity index (χ3n) is 5.17. The molecule has 7 nitrogen and oxygen atoms in total. The quantitative estimate of drug-likeness (QED) is 0.700. The van der Waals surface area contributed by atoms with E-state index in [1.54, 1.807) is 0 Å². The van der Waals surface area contributed by atoms with Crippen molar-refractivity contribution in [1.29, 1.82) is 0 Å². The van der Waals surface area contributed by atoms with E-state index in [0.29, 0.717) is 24.9 Å². The SMILES string of the molecule is Cc1c(C(=O)NCCOc2ccc(C(C)(C)C)cc2)nnn1C1CCNCC1.Cl. The molecule has 0 bridgehead atoms. The number of nitrogens with zero attached hydrogens (tertiary/aromatic N) is 3. The van der Waals surface area contributed by atoms with Crippen molar-refractivity contribution in [2.24, 2.45) is 0 Å². The number of ether oxygens (including phenoxy) is 1. The molecule has 1 aromatic carbocycles. The molecule has 2 N–H and O–H groups in total. The number of carbonyl (C=O) groups excluding carboxylic acids is 1. The van der Waals surface area contributed by atoms with E-state index in [-0.39, 0.29) is 23.7 Å². The van der Waals surface area contributed by atoms with Gasteiger partial charge in [0, 0.05) is 0 Å². The molecule has 2 aromatic rings. The molecule has 0 unspecified atom stereocenters. The normalized spacial score (nSPS) is 14.9. The molecule has 0 aliphatic carbocycles. The number of hydrogen-bond donors (Lipinski definition) is 2. The monoisotopic (exact) mass is 421 g/mol. The van der Waals surface area contributed by atoms with Crippen LogP contribution >= 0.6 is 12.4 Å². The zero-order valence-corrected chi connectivity index (χ0v) is 18.5. The summed E-state index contributed by atoms with van der Waals surface area (Å²) in [5, 5.41) is 14.5. The highest BCUT2D eigenvalue weighted by Gasteiger charge is 2.22. The zero-order valence-electron chi connectivity index (χ0n) is 17.7. The zero-order chi connectivity index (χ0) is 20.1. The van der Waals surface area contributed by atoms with Gasteiger partial charge in [0.15, 0.2) is 5.69 Å². The summed E-state index contributed by atoms with van der Waals surface area (Å²) in [6, 6.07) is 8.41. The van der Waals surface area contributed by atoms with Crippen molar-refractivity contribution < 1.29 is 9.53 Å². The Morgan fingerprint density at radius 1 is 1.24 bits per heavy atom. The molecule has 1 fully saturated rings.